The summed E-state index contributed by atoms with van der Waals surface area (Å²) in [6.07, 6.45) is 2.57. The minimum Gasteiger partial charge on any atom is -0.213 e. The van der Waals surface area contributed by atoms with Gasteiger partial charge in [0.15, 0.2) is 5.82 Å². The van der Waals surface area contributed by atoms with E-state index in [0.29, 0.717) is 12.2 Å². The molecule has 1 aromatic heterocycles. The molecule has 7 nitrogen and oxygen atoms in total. The number of hydrogen-bond acceptors (Lipinski definition) is 5. The largest absolute Gasteiger partial charge is 0.213 e. The Balaban J connectivity index is 2.78. The van der Waals surface area contributed by atoms with Crippen LogP contribution in [0, 0.1) is 5.92 Å². The first kappa shape index (κ1) is 14.0. The molecule has 0 bridgehead atoms. The summed E-state index contributed by atoms with van der Waals surface area (Å²) in [7, 11) is -3.23. The molecule has 0 fully saturated rings. The van der Waals surface area contributed by atoms with Gasteiger partial charge in [-0.25, -0.2) is 13.1 Å². The number of aromatic nitrogens is 4. The smallest absolute Gasteiger partial charge is 0.209 e. The molecule has 0 radical (unpaired) electrons. The van der Waals surface area contributed by atoms with E-state index in [1.807, 2.05) is 20.8 Å². The van der Waals surface area contributed by atoms with Crippen LogP contribution in [0.1, 0.15) is 33.0 Å². The van der Waals surface area contributed by atoms with E-state index in [0.717, 1.165) is 12.7 Å². The second kappa shape index (κ2) is 5.09. The predicted molar refractivity (Wildman–Crippen MR) is 63.7 cm³/mol. The van der Waals surface area contributed by atoms with Gasteiger partial charge in [0.05, 0.1) is 6.26 Å². The maximum absolute atomic E-state index is 11.3. The second-order valence-corrected chi connectivity index (χ2v) is 6.48. The number of sulfonamides is 1. The van der Waals surface area contributed by atoms with Crippen molar-refractivity contribution in [2.24, 2.45) is 5.92 Å². The van der Waals surface area contributed by atoms with E-state index in [1.165, 1.54) is 0 Å². The van der Waals surface area contributed by atoms with Gasteiger partial charge in [0.2, 0.25) is 10.0 Å². The van der Waals surface area contributed by atoms with Gasteiger partial charge < -0.3 is 0 Å². The molecule has 1 unspecified atom stereocenters. The van der Waals surface area contributed by atoms with E-state index in [1.54, 1.807) is 0 Å². The number of hydrogen-bond donors (Lipinski definition) is 2. The van der Waals surface area contributed by atoms with Gasteiger partial charge in [-0.3, -0.25) is 0 Å². The molecule has 98 valence electrons. The summed E-state index contributed by atoms with van der Waals surface area (Å²) in [5.41, 5.74) is -0.539. The van der Waals surface area contributed by atoms with Crippen LogP contribution in [-0.2, 0) is 16.4 Å². The molecule has 0 aliphatic carbocycles. The zero-order chi connectivity index (χ0) is 13.1. The van der Waals surface area contributed by atoms with Crippen molar-refractivity contribution >= 4 is 10.0 Å². The third-order valence-corrected chi connectivity index (χ3v) is 3.68. The molecule has 0 spiro atoms. The lowest BCUT2D eigenvalue weighted by atomic mass is 9.84. The van der Waals surface area contributed by atoms with Crippen molar-refractivity contribution in [3.63, 3.8) is 0 Å². The van der Waals surface area contributed by atoms with Crippen LogP contribution in [0.15, 0.2) is 0 Å². The van der Waals surface area contributed by atoms with Crippen LogP contribution in [-0.4, -0.2) is 40.8 Å². The molecular formula is C9H19N5O2S. The predicted octanol–water partition coefficient (Wildman–Crippen LogP) is 0.0962. The van der Waals surface area contributed by atoms with Crippen LogP contribution >= 0.6 is 0 Å². The standard InChI is InChI=1S/C9H19N5O2S/c1-5-7(6-8-10-13-14-11-8)9(2,3)12-17(4,15)16/h7,12H,5-6H2,1-4H3,(H,10,11,13,14). The molecule has 1 aromatic rings. The van der Waals surface area contributed by atoms with E-state index in [-0.39, 0.29) is 5.92 Å². The lowest BCUT2D eigenvalue weighted by Crippen LogP contribution is -2.49. The minimum absolute atomic E-state index is 0.106. The number of H-pyrrole nitrogens is 1. The average Bonchev–Trinajstić information content (AvgIpc) is 2.61. The zero-order valence-electron chi connectivity index (χ0n) is 10.6. The molecule has 1 heterocycles. The van der Waals surface area contributed by atoms with Gasteiger partial charge in [-0.1, -0.05) is 18.6 Å². The highest BCUT2D eigenvalue weighted by atomic mass is 32.2. The third-order valence-electron chi connectivity index (χ3n) is 2.78. The molecule has 0 aliphatic heterocycles. The summed E-state index contributed by atoms with van der Waals surface area (Å²) < 4.78 is 25.3. The molecule has 8 heteroatoms. The lowest BCUT2D eigenvalue weighted by molar-refractivity contribution is 0.278. The summed E-state index contributed by atoms with van der Waals surface area (Å²) in [6.45, 7) is 5.74. The van der Waals surface area contributed by atoms with Crippen LogP contribution in [0.3, 0.4) is 0 Å². The summed E-state index contributed by atoms with van der Waals surface area (Å²) in [5.74, 6) is 0.704. The number of nitrogens with one attached hydrogen (secondary N) is 2. The Labute approximate surface area is 101 Å². The van der Waals surface area contributed by atoms with Crippen molar-refractivity contribution in [3.05, 3.63) is 5.82 Å². The molecule has 1 rings (SSSR count). The Hall–Kier alpha value is -1.02. The van der Waals surface area contributed by atoms with Crippen molar-refractivity contribution in [1.82, 2.24) is 25.3 Å². The van der Waals surface area contributed by atoms with Crippen molar-refractivity contribution in [2.75, 3.05) is 6.26 Å². The number of tetrazole rings is 1. The molecule has 17 heavy (non-hydrogen) atoms. The van der Waals surface area contributed by atoms with Crippen molar-refractivity contribution < 1.29 is 8.42 Å². The van der Waals surface area contributed by atoms with E-state index < -0.39 is 15.6 Å². The lowest BCUT2D eigenvalue weighted by Gasteiger charge is -2.33. The SMILES string of the molecule is CCC(Cc1nn[nH]n1)C(C)(C)NS(C)(=O)=O. The summed E-state index contributed by atoms with van der Waals surface area (Å²) in [5, 5.41) is 13.7. The fraction of sp³-hybridized carbons (Fsp3) is 0.889. The molecule has 1 atom stereocenters. The third kappa shape index (κ3) is 4.39. The first-order chi connectivity index (χ1) is 7.74. The molecule has 0 aliphatic rings. The van der Waals surface area contributed by atoms with Crippen LogP contribution in [0.5, 0.6) is 0 Å². The second-order valence-electron chi connectivity index (χ2n) is 4.73. The highest BCUT2D eigenvalue weighted by Crippen LogP contribution is 2.23. The van der Waals surface area contributed by atoms with Gasteiger partial charge in [-0.2, -0.15) is 5.21 Å². The Morgan fingerprint density at radius 2 is 2.12 bits per heavy atom. The Morgan fingerprint density at radius 3 is 2.53 bits per heavy atom. The fourth-order valence-electron chi connectivity index (χ4n) is 1.96. The molecule has 2 N–H and O–H groups in total. The Bertz CT molecular complexity index is 440. The average molecular weight is 261 g/mol. The van der Waals surface area contributed by atoms with Gasteiger partial charge in [-0.05, 0) is 19.8 Å². The molecule has 0 aromatic carbocycles. The van der Waals surface area contributed by atoms with E-state index in [4.69, 9.17) is 0 Å². The van der Waals surface area contributed by atoms with Gasteiger partial charge in [-0.15, -0.1) is 10.2 Å². The Morgan fingerprint density at radius 1 is 1.47 bits per heavy atom. The Kier molecular flexibility index (Phi) is 4.21. The molecule has 0 saturated heterocycles. The fourth-order valence-corrected chi connectivity index (χ4v) is 3.08. The minimum atomic E-state index is -3.23. The maximum atomic E-state index is 11.3. The van der Waals surface area contributed by atoms with Crippen molar-refractivity contribution in [2.45, 2.75) is 39.2 Å². The van der Waals surface area contributed by atoms with E-state index in [9.17, 15) is 8.42 Å². The summed E-state index contributed by atoms with van der Waals surface area (Å²) in [4.78, 5) is 0. The quantitative estimate of drug-likeness (QED) is 0.756. The first-order valence-electron chi connectivity index (χ1n) is 5.46. The monoisotopic (exact) mass is 261 g/mol. The molecule has 0 saturated carbocycles. The summed E-state index contributed by atoms with van der Waals surface area (Å²) in [6, 6.07) is 0. The molecule has 0 amide bonds. The topological polar surface area (TPSA) is 101 Å². The van der Waals surface area contributed by atoms with E-state index >= 15 is 0 Å². The highest BCUT2D eigenvalue weighted by Gasteiger charge is 2.31. The van der Waals surface area contributed by atoms with Crippen molar-refractivity contribution in [3.8, 4) is 0 Å². The van der Waals surface area contributed by atoms with E-state index in [2.05, 4.69) is 25.3 Å². The van der Waals surface area contributed by atoms with Crippen LogP contribution < -0.4 is 4.72 Å². The maximum Gasteiger partial charge on any atom is 0.209 e. The van der Waals surface area contributed by atoms with Crippen LogP contribution in [0.4, 0.5) is 0 Å². The number of nitrogens with zero attached hydrogens (tertiary/aromatic N) is 3. The van der Waals surface area contributed by atoms with Gasteiger partial charge in [0.25, 0.3) is 0 Å². The zero-order valence-corrected chi connectivity index (χ0v) is 11.4. The summed E-state index contributed by atoms with van der Waals surface area (Å²) >= 11 is 0. The highest BCUT2D eigenvalue weighted by molar-refractivity contribution is 7.88. The van der Waals surface area contributed by atoms with Crippen LogP contribution in [0.2, 0.25) is 0 Å². The number of rotatable bonds is 6. The van der Waals surface area contributed by atoms with Crippen LogP contribution in [0.25, 0.3) is 0 Å². The van der Waals surface area contributed by atoms with Gasteiger partial charge in [0, 0.05) is 12.0 Å². The molecular weight excluding hydrogens is 242 g/mol. The van der Waals surface area contributed by atoms with Crippen molar-refractivity contribution in [1.29, 1.82) is 0 Å². The first-order valence-corrected chi connectivity index (χ1v) is 7.35. The van der Waals surface area contributed by atoms with Gasteiger partial charge in [0.1, 0.15) is 0 Å². The van der Waals surface area contributed by atoms with Gasteiger partial charge >= 0.3 is 0 Å². The normalized spacial score (nSPS) is 14.8. The number of aromatic amines is 1.